The number of methoxy groups -OCH3 is 1. The number of rotatable bonds is 8. The van der Waals surface area contributed by atoms with Gasteiger partial charge in [0.15, 0.2) is 5.82 Å². The van der Waals surface area contributed by atoms with E-state index in [1.807, 2.05) is 35.0 Å². The first-order valence-electron chi connectivity index (χ1n) is 10.4. The minimum Gasteiger partial charge on any atom is -0.497 e. The fourth-order valence-corrected chi connectivity index (χ4v) is 4.29. The van der Waals surface area contributed by atoms with E-state index >= 15 is 0 Å². The van der Waals surface area contributed by atoms with Crippen LogP contribution in [0, 0.1) is 4.77 Å². The van der Waals surface area contributed by atoms with Gasteiger partial charge < -0.3 is 4.74 Å². The highest BCUT2D eigenvalue weighted by atomic mass is 32.1. The summed E-state index contributed by atoms with van der Waals surface area (Å²) in [4.78, 5) is 4.67. The van der Waals surface area contributed by atoms with Gasteiger partial charge in [-0.05, 0) is 75.0 Å². The van der Waals surface area contributed by atoms with Gasteiger partial charge in [0.05, 0.1) is 20.3 Å². The van der Waals surface area contributed by atoms with Crippen LogP contribution in [0.4, 0.5) is 0 Å². The van der Waals surface area contributed by atoms with Gasteiger partial charge in [-0.3, -0.25) is 14.4 Å². The lowest BCUT2D eigenvalue weighted by Gasteiger charge is -2.17. The summed E-state index contributed by atoms with van der Waals surface area (Å²) >= 11 is 5.86. The van der Waals surface area contributed by atoms with E-state index in [2.05, 4.69) is 45.7 Å². The highest BCUT2D eigenvalue weighted by Gasteiger charge is 2.19. The molecular weight excluding hydrogens is 394 g/mol. The van der Waals surface area contributed by atoms with Crippen LogP contribution in [-0.2, 0) is 19.8 Å². The first-order valence-corrected chi connectivity index (χ1v) is 10.8. The maximum Gasteiger partial charge on any atom is 0.203 e. The molecule has 30 heavy (non-hydrogen) atoms. The van der Waals surface area contributed by atoms with Gasteiger partial charge in [0, 0.05) is 12.2 Å². The average molecular weight is 424 g/mol. The van der Waals surface area contributed by atoms with E-state index in [4.69, 9.17) is 22.1 Å². The zero-order chi connectivity index (χ0) is 20.9. The molecule has 0 saturated carbocycles. The van der Waals surface area contributed by atoms with Crippen LogP contribution in [0.3, 0.4) is 0 Å². The van der Waals surface area contributed by atoms with Crippen molar-refractivity contribution in [1.82, 2.24) is 24.1 Å². The SMILES string of the molecule is COc1cccc(CN(C)Cn2nc(CN3CCCC3)n(-c3ccccc3)c2=S)c1. The van der Waals surface area contributed by atoms with E-state index in [1.54, 1.807) is 7.11 Å². The Hall–Kier alpha value is -2.48. The average Bonchev–Trinajstić information content (AvgIpc) is 3.37. The number of likely N-dealkylation sites (tertiary alicyclic amines) is 1. The molecule has 0 N–H and O–H groups in total. The molecule has 0 bridgehead atoms. The molecule has 1 fully saturated rings. The third-order valence-electron chi connectivity index (χ3n) is 5.45. The van der Waals surface area contributed by atoms with Crippen LogP contribution in [0.2, 0.25) is 0 Å². The molecule has 0 unspecified atom stereocenters. The molecule has 1 saturated heterocycles. The first-order chi connectivity index (χ1) is 14.6. The number of para-hydroxylation sites is 1. The zero-order valence-corrected chi connectivity index (χ0v) is 18.5. The van der Waals surface area contributed by atoms with Crippen molar-refractivity contribution >= 4 is 12.2 Å². The van der Waals surface area contributed by atoms with Crippen molar-refractivity contribution in [3.63, 3.8) is 0 Å². The summed E-state index contributed by atoms with van der Waals surface area (Å²) in [5, 5.41) is 4.93. The van der Waals surface area contributed by atoms with Crippen LogP contribution in [0.1, 0.15) is 24.2 Å². The Morgan fingerprint density at radius 2 is 1.83 bits per heavy atom. The van der Waals surface area contributed by atoms with E-state index in [0.29, 0.717) is 6.67 Å². The highest BCUT2D eigenvalue weighted by Crippen LogP contribution is 2.18. The summed E-state index contributed by atoms with van der Waals surface area (Å²) < 4.78 is 10.1. The Labute approximate surface area is 183 Å². The maximum absolute atomic E-state index is 5.86. The molecule has 1 aliphatic heterocycles. The number of aromatic nitrogens is 3. The van der Waals surface area contributed by atoms with Crippen LogP contribution in [0.15, 0.2) is 54.6 Å². The van der Waals surface area contributed by atoms with Crippen LogP contribution >= 0.6 is 12.2 Å². The second-order valence-electron chi connectivity index (χ2n) is 7.86. The maximum atomic E-state index is 5.86. The number of nitrogens with zero attached hydrogens (tertiary/aromatic N) is 5. The van der Waals surface area contributed by atoms with E-state index in [-0.39, 0.29) is 0 Å². The summed E-state index contributed by atoms with van der Waals surface area (Å²) in [6.45, 7) is 4.50. The van der Waals surface area contributed by atoms with Gasteiger partial charge in [-0.25, -0.2) is 4.68 Å². The molecule has 0 spiro atoms. The number of hydrogen-bond acceptors (Lipinski definition) is 5. The lowest BCUT2D eigenvalue weighted by Crippen LogP contribution is -2.23. The molecule has 0 amide bonds. The molecule has 1 aromatic heterocycles. The predicted molar refractivity (Wildman–Crippen MR) is 121 cm³/mol. The number of hydrogen-bond donors (Lipinski definition) is 0. The van der Waals surface area contributed by atoms with Crippen molar-refractivity contribution in [1.29, 1.82) is 0 Å². The number of benzene rings is 2. The molecule has 1 aliphatic rings. The van der Waals surface area contributed by atoms with Crippen molar-refractivity contribution in [3.8, 4) is 11.4 Å². The van der Waals surface area contributed by atoms with Crippen LogP contribution in [0.25, 0.3) is 5.69 Å². The molecule has 2 heterocycles. The van der Waals surface area contributed by atoms with E-state index < -0.39 is 0 Å². The standard InChI is InChI=1S/C23H29N5OS/c1-25(16-19-9-8-12-21(15-19)29-2)18-27-23(30)28(20-10-4-3-5-11-20)22(24-27)17-26-13-6-7-14-26/h3-5,8-12,15H,6-7,13-14,16-18H2,1-2H3. The van der Waals surface area contributed by atoms with E-state index in [9.17, 15) is 0 Å². The Morgan fingerprint density at radius 3 is 2.57 bits per heavy atom. The molecule has 0 radical (unpaired) electrons. The Kier molecular flexibility index (Phi) is 6.62. The Balaban J connectivity index is 1.58. The zero-order valence-electron chi connectivity index (χ0n) is 17.7. The lowest BCUT2D eigenvalue weighted by molar-refractivity contribution is 0.242. The van der Waals surface area contributed by atoms with Gasteiger partial charge in [-0.1, -0.05) is 30.3 Å². The van der Waals surface area contributed by atoms with Gasteiger partial charge in [0.1, 0.15) is 5.75 Å². The van der Waals surface area contributed by atoms with Gasteiger partial charge in [-0.15, -0.1) is 0 Å². The summed E-state index contributed by atoms with van der Waals surface area (Å²) in [7, 11) is 3.78. The molecule has 158 valence electrons. The lowest BCUT2D eigenvalue weighted by atomic mass is 10.2. The van der Waals surface area contributed by atoms with Gasteiger partial charge >= 0.3 is 0 Å². The third kappa shape index (κ3) is 4.80. The molecule has 0 aliphatic carbocycles. The Morgan fingerprint density at radius 1 is 1.07 bits per heavy atom. The predicted octanol–water partition coefficient (Wildman–Crippen LogP) is 4.10. The van der Waals surface area contributed by atoms with Crippen LogP contribution < -0.4 is 4.74 Å². The highest BCUT2D eigenvalue weighted by molar-refractivity contribution is 7.71. The summed E-state index contributed by atoms with van der Waals surface area (Å²) in [5.74, 6) is 1.88. The van der Waals surface area contributed by atoms with Gasteiger partial charge in [0.2, 0.25) is 4.77 Å². The van der Waals surface area contributed by atoms with Crippen molar-refractivity contribution in [3.05, 3.63) is 70.8 Å². The molecule has 4 rings (SSSR count). The molecule has 0 atom stereocenters. The molecule has 3 aromatic rings. The summed E-state index contributed by atoms with van der Waals surface area (Å²) in [6.07, 6.45) is 2.52. The van der Waals surface area contributed by atoms with Crippen molar-refractivity contribution < 1.29 is 4.74 Å². The van der Waals surface area contributed by atoms with Crippen molar-refractivity contribution in [2.45, 2.75) is 32.6 Å². The minimum absolute atomic E-state index is 0.628. The molecule has 7 heteroatoms. The third-order valence-corrected chi connectivity index (χ3v) is 5.84. The van der Waals surface area contributed by atoms with E-state index in [1.165, 1.54) is 18.4 Å². The Bertz CT molecular complexity index is 1020. The topological polar surface area (TPSA) is 38.5 Å². The molecular formula is C23H29N5OS. The quantitative estimate of drug-likeness (QED) is 0.510. The molecule has 2 aromatic carbocycles. The largest absolute Gasteiger partial charge is 0.497 e. The normalized spacial score (nSPS) is 14.5. The fraction of sp³-hybridized carbons (Fsp3) is 0.391. The summed E-state index contributed by atoms with van der Waals surface area (Å²) in [5.41, 5.74) is 2.27. The van der Waals surface area contributed by atoms with E-state index in [0.717, 1.165) is 48.2 Å². The second kappa shape index (κ2) is 9.55. The van der Waals surface area contributed by atoms with Gasteiger partial charge in [-0.2, -0.15) is 5.10 Å². The second-order valence-corrected chi connectivity index (χ2v) is 8.22. The van der Waals surface area contributed by atoms with Gasteiger partial charge in [0.25, 0.3) is 0 Å². The van der Waals surface area contributed by atoms with Crippen molar-refractivity contribution in [2.75, 3.05) is 27.2 Å². The monoisotopic (exact) mass is 423 g/mol. The number of ether oxygens (including phenoxy) is 1. The fourth-order valence-electron chi connectivity index (χ4n) is 3.99. The minimum atomic E-state index is 0.628. The van der Waals surface area contributed by atoms with Crippen LogP contribution in [-0.4, -0.2) is 51.4 Å². The smallest absolute Gasteiger partial charge is 0.203 e. The van der Waals surface area contributed by atoms with Crippen LogP contribution in [0.5, 0.6) is 5.75 Å². The first kappa shape index (κ1) is 20.8. The van der Waals surface area contributed by atoms with Crippen molar-refractivity contribution in [2.24, 2.45) is 0 Å². The summed E-state index contributed by atoms with van der Waals surface area (Å²) in [6, 6.07) is 18.5. The molecule has 6 nitrogen and oxygen atoms in total.